The standard InChI is InChI=1S/C50H28N4O3/c1-3-11-29(12-4-1)30-21-23-31(24-22-30)47-52-48(54-49(53-47)37-18-10-20-39-43(37)36-15-7-8-19-38(36)55-39)35-17-9-16-34-33(35)25-26-40-44(34)45-41(56-40)27-28-42-46(45)51-50(57-42)32-13-5-2-6-14-32/h1-28H. The molecule has 0 unspecified atom stereocenters. The van der Waals surface area contributed by atoms with E-state index in [1.165, 1.54) is 0 Å². The van der Waals surface area contributed by atoms with Crippen molar-refractivity contribution >= 4 is 65.7 Å². The number of nitrogens with zero attached hydrogens (tertiary/aromatic N) is 4. The lowest BCUT2D eigenvalue weighted by molar-refractivity contribution is 0.619. The molecule has 12 rings (SSSR count). The van der Waals surface area contributed by atoms with Crippen LogP contribution in [0.25, 0.3) is 122 Å². The van der Waals surface area contributed by atoms with Gasteiger partial charge in [0.05, 0.1) is 5.39 Å². The van der Waals surface area contributed by atoms with Gasteiger partial charge in [-0.25, -0.2) is 19.9 Å². The molecule has 0 fully saturated rings. The van der Waals surface area contributed by atoms with Crippen LogP contribution in [0.3, 0.4) is 0 Å². The van der Waals surface area contributed by atoms with Crippen LogP contribution < -0.4 is 0 Å². The van der Waals surface area contributed by atoms with Gasteiger partial charge in [-0.1, -0.05) is 121 Å². The Labute approximate surface area is 324 Å². The van der Waals surface area contributed by atoms with Gasteiger partial charge in [-0.3, -0.25) is 0 Å². The Morgan fingerprint density at radius 2 is 0.842 bits per heavy atom. The van der Waals surface area contributed by atoms with E-state index < -0.39 is 0 Å². The Morgan fingerprint density at radius 3 is 1.68 bits per heavy atom. The number of rotatable bonds is 5. The maximum Gasteiger partial charge on any atom is 0.227 e. The summed E-state index contributed by atoms with van der Waals surface area (Å²) in [6.45, 7) is 0. The summed E-state index contributed by atoms with van der Waals surface area (Å²) in [6.07, 6.45) is 0. The molecule has 4 heterocycles. The number of oxazole rings is 1. The predicted octanol–water partition coefficient (Wildman–Crippen LogP) is 13.3. The summed E-state index contributed by atoms with van der Waals surface area (Å²) in [5, 5.41) is 5.82. The van der Waals surface area contributed by atoms with E-state index in [1.807, 2.05) is 84.9 Å². The molecule has 0 N–H and O–H groups in total. The van der Waals surface area contributed by atoms with Crippen LogP contribution in [0.4, 0.5) is 0 Å². The summed E-state index contributed by atoms with van der Waals surface area (Å²) in [6, 6.07) is 57.1. The van der Waals surface area contributed by atoms with Crippen molar-refractivity contribution in [1.82, 2.24) is 19.9 Å². The van der Waals surface area contributed by atoms with Gasteiger partial charge in [-0.15, -0.1) is 0 Å². The van der Waals surface area contributed by atoms with Crippen LogP contribution in [-0.2, 0) is 0 Å². The fourth-order valence-corrected chi connectivity index (χ4v) is 8.15. The first-order valence-corrected chi connectivity index (χ1v) is 18.8. The second-order valence-electron chi connectivity index (χ2n) is 14.1. The molecule has 7 heteroatoms. The van der Waals surface area contributed by atoms with Crippen LogP contribution in [0, 0.1) is 0 Å². The van der Waals surface area contributed by atoms with Crippen molar-refractivity contribution < 1.29 is 13.3 Å². The van der Waals surface area contributed by atoms with E-state index >= 15 is 0 Å². The molecule has 0 aliphatic carbocycles. The van der Waals surface area contributed by atoms with Crippen LogP contribution in [0.2, 0.25) is 0 Å². The zero-order valence-electron chi connectivity index (χ0n) is 30.2. The lowest BCUT2D eigenvalue weighted by atomic mass is 9.98. The number of hydrogen-bond donors (Lipinski definition) is 0. The van der Waals surface area contributed by atoms with Crippen molar-refractivity contribution in [3.8, 4) is 56.7 Å². The van der Waals surface area contributed by atoms with Crippen molar-refractivity contribution in [3.63, 3.8) is 0 Å². The molecule has 4 aromatic heterocycles. The van der Waals surface area contributed by atoms with Gasteiger partial charge in [0.25, 0.3) is 0 Å². The normalized spacial score (nSPS) is 11.9. The number of fused-ring (bicyclic) bond motifs is 10. The third-order valence-corrected chi connectivity index (χ3v) is 10.8. The second-order valence-corrected chi connectivity index (χ2v) is 14.1. The number of aromatic nitrogens is 4. The highest BCUT2D eigenvalue weighted by molar-refractivity contribution is 6.26. The molecule has 266 valence electrons. The summed E-state index contributed by atoms with van der Waals surface area (Å²) >= 11 is 0. The van der Waals surface area contributed by atoms with Gasteiger partial charge in [-0.05, 0) is 70.4 Å². The van der Waals surface area contributed by atoms with Gasteiger partial charge in [0.2, 0.25) is 5.89 Å². The summed E-state index contributed by atoms with van der Waals surface area (Å²) in [5.74, 6) is 2.26. The molecule has 0 aliphatic heterocycles. The minimum absolute atomic E-state index is 0.558. The van der Waals surface area contributed by atoms with Gasteiger partial charge >= 0.3 is 0 Å². The third-order valence-electron chi connectivity index (χ3n) is 10.8. The molecule has 8 aromatic carbocycles. The lowest BCUT2D eigenvalue weighted by Crippen LogP contribution is -2.01. The zero-order valence-corrected chi connectivity index (χ0v) is 30.2. The van der Waals surface area contributed by atoms with Crippen LogP contribution >= 0.6 is 0 Å². The Balaban J connectivity index is 1.09. The Kier molecular flexibility index (Phi) is 6.79. The quantitative estimate of drug-likeness (QED) is 0.174. The van der Waals surface area contributed by atoms with E-state index in [2.05, 4.69) is 84.9 Å². The average molecular weight is 733 g/mol. The van der Waals surface area contributed by atoms with Gasteiger partial charge in [0.15, 0.2) is 23.1 Å². The van der Waals surface area contributed by atoms with Crippen molar-refractivity contribution in [2.24, 2.45) is 0 Å². The van der Waals surface area contributed by atoms with Crippen LogP contribution in [0.5, 0.6) is 0 Å². The van der Waals surface area contributed by atoms with Gasteiger partial charge in [-0.2, -0.15) is 0 Å². The molecular formula is C50H28N4O3. The number of hydrogen-bond acceptors (Lipinski definition) is 7. The van der Waals surface area contributed by atoms with Crippen LogP contribution in [0.15, 0.2) is 183 Å². The Morgan fingerprint density at radius 1 is 0.281 bits per heavy atom. The number of benzene rings is 8. The monoisotopic (exact) mass is 732 g/mol. The van der Waals surface area contributed by atoms with Crippen molar-refractivity contribution in [3.05, 3.63) is 170 Å². The molecule has 57 heavy (non-hydrogen) atoms. The molecule has 0 bridgehead atoms. The predicted molar refractivity (Wildman–Crippen MR) is 227 cm³/mol. The van der Waals surface area contributed by atoms with E-state index in [0.29, 0.717) is 28.9 Å². The van der Waals surface area contributed by atoms with Gasteiger partial charge in [0, 0.05) is 38.4 Å². The average Bonchev–Trinajstić information content (AvgIpc) is 4.00. The summed E-state index contributed by atoms with van der Waals surface area (Å²) in [4.78, 5) is 20.6. The van der Waals surface area contributed by atoms with Gasteiger partial charge < -0.3 is 13.3 Å². The summed E-state index contributed by atoms with van der Waals surface area (Å²) in [7, 11) is 0. The minimum Gasteiger partial charge on any atom is -0.456 e. The molecule has 7 nitrogen and oxygen atoms in total. The third kappa shape index (κ3) is 4.99. The smallest absolute Gasteiger partial charge is 0.227 e. The topological polar surface area (TPSA) is 91.0 Å². The van der Waals surface area contributed by atoms with Crippen LogP contribution in [-0.4, -0.2) is 19.9 Å². The highest BCUT2D eigenvalue weighted by Crippen LogP contribution is 2.42. The number of furan rings is 2. The van der Waals surface area contributed by atoms with Crippen molar-refractivity contribution in [2.75, 3.05) is 0 Å². The molecule has 0 radical (unpaired) electrons. The molecule has 0 aliphatic rings. The maximum absolute atomic E-state index is 6.46. The van der Waals surface area contributed by atoms with Crippen molar-refractivity contribution in [1.29, 1.82) is 0 Å². The summed E-state index contributed by atoms with van der Waals surface area (Å²) in [5.41, 5.74) is 10.4. The second kappa shape index (κ2) is 12.3. The minimum atomic E-state index is 0.558. The molecule has 0 saturated carbocycles. The molecule has 0 atom stereocenters. The molecule has 0 amide bonds. The zero-order chi connectivity index (χ0) is 37.5. The first-order valence-electron chi connectivity index (χ1n) is 18.8. The van der Waals surface area contributed by atoms with Crippen molar-refractivity contribution in [2.45, 2.75) is 0 Å². The SMILES string of the molecule is c1ccc(-c2ccc(-c3nc(-c4cccc5c4ccc4oc6ccc7oc(-c8ccccc8)nc7c6c45)nc(-c4cccc5oc6ccccc6c45)n3)cc2)cc1. The largest absolute Gasteiger partial charge is 0.456 e. The van der Waals surface area contributed by atoms with E-state index in [1.54, 1.807) is 0 Å². The van der Waals surface area contributed by atoms with E-state index in [9.17, 15) is 0 Å². The highest BCUT2D eigenvalue weighted by atomic mass is 16.4. The Hall–Kier alpha value is -7.90. The van der Waals surface area contributed by atoms with Crippen LogP contribution in [0.1, 0.15) is 0 Å². The fourth-order valence-electron chi connectivity index (χ4n) is 8.15. The first kappa shape index (κ1) is 31.5. The van der Waals surface area contributed by atoms with E-state index in [4.69, 9.17) is 33.2 Å². The number of para-hydroxylation sites is 1. The molecule has 12 aromatic rings. The first-order chi connectivity index (χ1) is 28.2. The molecule has 0 spiro atoms. The Bertz CT molecular complexity index is 3510. The maximum atomic E-state index is 6.46. The van der Waals surface area contributed by atoms with Gasteiger partial charge in [0.1, 0.15) is 27.8 Å². The molecule has 0 saturated heterocycles. The van der Waals surface area contributed by atoms with E-state index in [0.717, 1.165) is 93.5 Å². The van der Waals surface area contributed by atoms with E-state index in [-0.39, 0.29) is 0 Å². The fraction of sp³-hybridized carbons (Fsp3) is 0. The summed E-state index contributed by atoms with van der Waals surface area (Å²) < 4.78 is 19.0. The molecular weight excluding hydrogens is 705 g/mol. The highest BCUT2D eigenvalue weighted by Gasteiger charge is 2.22. The lowest BCUT2D eigenvalue weighted by Gasteiger charge is -2.11.